The third kappa shape index (κ3) is 4.68. The van der Waals surface area contributed by atoms with Gasteiger partial charge in [-0.2, -0.15) is 0 Å². The number of ether oxygens (including phenoxy) is 1. The fraction of sp³-hybridized carbons (Fsp3) is 0.619. The molecule has 0 aliphatic heterocycles. The average molecular weight is 420 g/mol. The van der Waals surface area contributed by atoms with Gasteiger partial charge in [0.1, 0.15) is 0 Å². The number of nitrogens with zero attached hydrogens (tertiary/aromatic N) is 3. The summed E-state index contributed by atoms with van der Waals surface area (Å²) in [6, 6.07) is 10.5. The van der Waals surface area contributed by atoms with Gasteiger partial charge in [-0.25, -0.2) is 9.78 Å². The fourth-order valence-electron chi connectivity index (χ4n) is 3.89. The molecule has 0 aliphatic carbocycles. The van der Waals surface area contributed by atoms with E-state index in [9.17, 15) is 4.79 Å². The first-order chi connectivity index (χ1) is 13.2. The topological polar surface area (TPSA) is 47.4 Å². The molecule has 5 nitrogen and oxygen atoms in total. The second kappa shape index (κ2) is 9.26. The maximum absolute atomic E-state index is 13.0. The number of carbonyl (C=O) groups excluding carboxylic acids is 1. The van der Waals surface area contributed by atoms with Gasteiger partial charge in [-0.3, -0.25) is 4.57 Å². The van der Waals surface area contributed by atoms with Gasteiger partial charge in [0.2, 0.25) is 0 Å². The maximum Gasteiger partial charge on any atom is 0.408 e. The van der Waals surface area contributed by atoms with Gasteiger partial charge < -0.3 is 8.97 Å². The van der Waals surface area contributed by atoms with E-state index in [2.05, 4.69) is 62.5 Å². The Morgan fingerprint density at radius 2 is 1.68 bits per heavy atom. The molecule has 0 radical (unpaired) electrons. The zero-order valence-corrected chi connectivity index (χ0v) is 20.7. The lowest BCUT2D eigenvalue weighted by Gasteiger charge is -2.38. The molecule has 2 rings (SSSR count). The highest BCUT2D eigenvalue weighted by Crippen LogP contribution is 2.34. The molecule has 0 saturated heterocycles. The number of unbranched alkanes of at least 4 members (excludes halogenated alkanes) is 2. The smallest absolute Gasteiger partial charge is 0.408 e. The van der Waals surface area contributed by atoms with E-state index in [0.29, 0.717) is 0 Å². The van der Waals surface area contributed by atoms with Gasteiger partial charge in [-0.1, -0.05) is 77.9 Å². The summed E-state index contributed by atoms with van der Waals surface area (Å²) in [4.78, 5) is 18.0. The van der Waals surface area contributed by atoms with Crippen LogP contribution in [0.1, 0.15) is 39.5 Å². The number of fused-ring (bicyclic) bond motifs is 1. The van der Waals surface area contributed by atoms with Crippen LogP contribution in [0, 0.1) is 0 Å². The number of benzene rings is 1. The summed E-state index contributed by atoms with van der Waals surface area (Å²) in [6.07, 6.45) is 4.34. The third-order valence-corrected chi connectivity index (χ3v) is 12.0. The zero-order valence-electron chi connectivity index (χ0n) is 18.7. The minimum Gasteiger partial charge on any atom is -0.453 e. The second-order valence-corrected chi connectivity index (χ2v) is 18.0. The summed E-state index contributed by atoms with van der Waals surface area (Å²) in [5, 5.41) is 0. The summed E-state index contributed by atoms with van der Waals surface area (Å²) in [5.41, 5.74) is 2.10. The van der Waals surface area contributed by atoms with Crippen LogP contribution in [0.2, 0.25) is 38.3 Å². The molecule has 0 fully saturated rings. The van der Waals surface area contributed by atoms with Crippen LogP contribution < -0.4 is 4.57 Å². The van der Waals surface area contributed by atoms with Crippen molar-refractivity contribution in [1.29, 1.82) is 0 Å². The van der Waals surface area contributed by atoms with E-state index in [4.69, 9.17) is 9.72 Å². The Balaban J connectivity index is 2.70. The monoisotopic (exact) mass is 419 g/mol. The Hall–Kier alpha value is -1.61. The van der Waals surface area contributed by atoms with Gasteiger partial charge >= 0.3 is 6.09 Å². The predicted molar refractivity (Wildman–Crippen MR) is 124 cm³/mol. The minimum absolute atomic E-state index is 0.274. The van der Waals surface area contributed by atoms with E-state index >= 15 is 0 Å². The number of hydrogen-bond donors (Lipinski definition) is 0. The molecule has 0 bridgehead atoms. The number of para-hydroxylation sites is 2. The van der Waals surface area contributed by atoms with Crippen molar-refractivity contribution in [1.82, 2.24) is 9.22 Å². The lowest BCUT2D eigenvalue weighted by molar-refractivity contribution is 0.182. The molecule has 7 heteroatoms. The quantitative estimate of drug-likeness (QED) is 0.438. The molecule has 0 saturated carbocycles. The maximum atomic E-state index is 13.0. The molecule has 2 aromatic rings. The van der Waals surface area contributed by atoms with Gasteiger partial charge in [-0.15, -0.1) is 0 Å². The van der Waals surface area contributed by atoms with Crippen molar-refractivity contribution in [2.45, 2.75) is 77.8 Å². The molecule has 0 N–H and O–H groups in total. The number of aromatic nitrogens is 2. The van der Waals surface area contributed by atoms with Gasteiger partial charge in [0, 0.05) is 0 Å². The van der Waals surface area contributed by atoms with Crippen LogP contribution in [-0.2, 0) is 4.74 Å². The number of carbonyl (C=O) groups is 1. The number of anilines is 1. The van der Waals surface area contributed by atoms with E-state index in [1.165, 1.54) is 26.0 Å². The lowest BCUT2D eigenvalue weighted by atomic mass is 10.3. The van der Waals surface area contributed by atoms with Gasteiger partial charge in [-0.05, 0) is 24.2 Å². The molecule has 1 aromatic carbocycles. The van der Waals surface area contributed by atoms with Crippen LogP contribution in [0.15, 0.2) is 24.3 Å². The largest absolute Gasteiger partial charge is 0.453 e. The standard InChI is InChI=1S/C21H37N3O2Si2/c1-8-10-16-27(4,5)23-19-15-13-12-14-18(19)22-20(23)24(21(25)26-3)28(6,7)17-11-9-2/h12-15H,8-11,16-17H2,1-7H3. The van der Waals surface area contributed by atoms with Crippen molar-refractivity contribution in [3.63, 3.8) is 0 Å². The van der Waals surface area contributed by atoms with Crippen LogP contribution in [0.25, 0.3) is 11.0 Å². The molecular weight excluding hydrogens is 382 g/mol. The molecule has 1 heterocycles. The van der Waals surface area contributed by atoms with Crippen molar-refractivity contribution < 1.29 is 9.53 Å². The van der Waals surface area contributed by atoms with Crippen LogP contribution in [-0.4, -0.2) is 38.9 Å². The first-order valence-electron chi connectivity index (χ1n) is 10.6. The molecule has 0 aliphatic rings. The van der Waals surface area contributed by atoms with E-state index in [-0.39, 0.29) is 6.09 Å². The molecule has 0 spiro atoms. The van der Waals surface area contributed by atoms with Crippen LogP contribution in [0.5, 0.6) is 0 Å². The van der Waals surface area contributed by atoms with E-state index in [1.54, 1.807) is 0 Å². The van der Waals surface area contributed by atoms with Crippen LogP contribution >= 0.6 is 0 Å². The highest BCUT2D eigenvalue weighted by Gasteiger charge is 2.40. The zero-order chi connectivity index (χ0) is 20.9. The second-order valence-electron chi connectivity index (χ2n) is 8.87. The molecule has 1 aromatic heterocycles. The summed E-state index contributed by atoms with van der Waals surface area (Å²) >= 11 is 0. The van der Waals surface area contributed by atoms with Gasteiger partial charge in [0.05, 0.1) is 18.1 Å². The molecule has 0 atom stereocenters. The Bertz CT molecular complexity index is 802. The highest BCUT2D eigenvalue weighted by molar-refractivity contribution is 6.84. The van der Waals surface area contributed by atoms with Crippen LogP contribution in [0.3, 0.4) is 0 Å². The Labute approximate surface area is 172 Å². The molecule has 156 valence electrons. The summed E-state index contributed by atoms with van der Waals surface area (Å²) in [7, 11) is -2.47. The van der Waals surface area contributed by atoms with E-state index in [1.807, 2.05) is 10.6 Å². The van der Waals surface area contributed by atoms with Crippen molar-refractivity contribution in [3.8, 4) is 0 Å². The summed E-state index contributed by atoms with van der Waals surface area (Å²) < 4.78 is 9.61. The lowest BCUT2D eigenvalue weighted by Crippen LogP contribution is -2.55. The predicted octanol–water partition coefficient (Wildman–Crippen LogP) is 6.47. The first kappa shape index (κ1) is 22.7. The van der Waals surface area contributed by atoms with Crippen molar-refractivity contribution >= 4 is 39.5 Å². The normalized spacial score (nSPS) is 12.4. The number of hydrogen-bond acceptors (Lipinski definition) is 3. The number of methoxy groups -OCH3 is 1. The fourth-order valence-corrected chi connectivity index (χ4v) is 9.69. The number of rotatable bonds is 9. The van der Waals surface area contributed by atoms with Gasteiger partial charge in [0.15, 0.2) is 22.4 Å². The molecule has 0 unspecified atom stereocenters. The Morgan fingerprint density at radius 3 is 2.29 bits per heavy atom. The van der Waals surface area contributed by atoms with Crippen molar-refractivity contribution in [2.24, 2.45) is 0 Å². The van der Waals surface area contributed by atoms with Crippen molar-refractivity contribution in [3.05, 3.63) is 24.3 Å². The Morgan fingerprint density at radius 1 is 1.07 bits per heavy atom. The third-order valence-electron chi connectivity index (χ3n) is 5.60. The van der Waals surface area contributed by atoms with Crippen LogP contribution in [0.4, 0.5) is 10.7 Å². The number of imidazole rings is 1. The SMILES string of the molecule is CCCC[Si](C)(C)N(C(=O)OC)c1nc2ccccc2n1[Si](C)(C)CCCC. The van der Waals surface area contributed by atoms with E-state index in [0.717, 1.165) is 35.9 Å². The first-order valence-corrected chi connectivity index (χ1v) is 16.9. The summed E-state index contributed by atoms with van der Waals surface area (Å²) in [5.74, 6) is 0.800. The van der Waals surface area contributed by atoms with E-state index < -0.39 is 16.5 Å². The van der Waals surface area contributed by atoms with Gasteiger partial charge in [0.25, 0.3) is 0 Å². The Kier molecular flexibility index (Phi) is 7.50. The molecule has 1 amide bonds. The molecule has 28 heavy (non-hydrogen) atoms. The minimum atomic E-state index is -2.09. The summed E-state index contributed by atoms with van der Waals surface area (Å²) in [6.45, 7) is 13.7. The number of amides is 1. The average Bonchev–Trinajstić information content (AvgIpc) is 3.04. The highest BCUT2D eigenvalue weighted by atomic mass is 28.3. The van der Waals surface area contributed by atoms with Crippen molar-refractivity contribution in [2.75, 3.05) is 11.7 Å². The molecular formula is C21H37N3O2Si2.